The molecule has 1 heterocycles. The Labute approximate surface area is 192 Å². The van der Waals surface area contributed by atoms with Gasteiger partial charge < -0.3 is 24.4 Å². The highest BCUT2D eigenvalue weighted by Gasteiger charge is 2.48. The number of nitrogens with zero attached hydrogens (tertiary/aromatic N) is 1. The largest absolute Gasteiger partial charge is 0.493 e. The number of hydrogen-bond acceptors (Lipinski definition) is 5. The van der Waals surface area contributed by atoms with Gasteiger partial charge in [0.1, 0.15) is 11.8 Å². The number of nitrogens with one attached hydrogen (secondary N) is 1. The molecule has 7 nitrogen and oxygen atoms in total. The first-order valence-corrected chi connectivity index (χ1v) is 10.6. The summed E-state index contributed by atoms with van der Waals surface area (Å²) in [6.07, 6.45) is 0. The van der Waals surface area contributed by atoms with Gasteiger partial charge in [0.2, 0.25) is 5.91 Å². The van der Waals surface area contributed by atoms with Crippen LogP contribution in [-0.4, -0.2) is 43.6 Å². The second-order valence-electron chi connectivity index (χ2n) is 7.66. The lowest BCUT2D eigenvalue weighted by Gasteiger charge is -2.47. The predicted molar refractivity (Wildman–Crippen MR) is 123 cm³/mol. The minimum Gasteiger partial charge on any atom is -0.493 e. The van der Waals surface area contributed by atoms with Crippen LogP contribution >= 0.6 is 0 Å². The fraction of sp³-hybridized carbons (Fsp3) is 0.231. The van der Waals surface area contributed by atoms with Crippen molar-refractivity contribution in [3.63, 3.8) is 0 Å². The van der Waals surface area contributed by atoms with Crippen LogP contribution in [0.5, 0.6) is 17.2 Å². The summed E-state index contributed by atoms with van der Waals surface area (Å²) < 4.78 is 16.2. The fourth-order valence-corrected chi connectivity index (χ4v) is 3.94. The molecule has 1 aliphatic heterocycles. The van der Waals surface area contributed by atoms with E-state index in [0.717, 1.165) is 11.1 Å². The number of ether oxygens (including phenoxy) is 3. The Hall–Kier alpha value is -4.00. The van der Waals surface area contributed by atoms with Crippen molar-refractivity contribution < 1.29 is 23.8 Å². The van der Waals surface area contributed by atoms with Gasteiger partial charge in [-0.2, -0.15) is 0 Å². The Morgan fingerprint density at radius 3 is 2.24 bits per heavy atom. The molecule has 0 aliphatic carbocycles. The summed E-state index contributed by atoms with van der Waals surface area (Å²) in [6.45, 7) is 0.219. The number of methoxy groups -OCH3 is 2. The Morgan fingerprint density at radius 2 is 1.58 bits per heavy atom. The molecule has 0 saturated carbocycles. The van der Waals surface area contributed by atoms with Crippen LogP contribution in [0.4, 0.5) is 0 Å². The zero-order valence-corrected chi connectivity index (χ0v) is 18.6. The van der Waals surface area contributed by atoms with E-state index in [0.29, 0.717) is 23.8 Å². The molecule has 1 N–H and O–H groups in total. The first-order chi connectivity index (χ1) is 16.1. The second-order valence-corrected chi connectivity index (χ2v) is 7.66. The van der Waals surface area contributed by atoms with E-state index in [1.165, 1.54) is 0 Å². The lowest BCUT2D eigenvalue weighted by molar-refractivity contribution is -0.155. The maximum Gasteiger partial charge on any atom is 0.258 e. The van der Waals surface area contributed by atoms with Gasteiger partial charge in [-0.05, 0) is 35.4 Å². The highest BCUT2D eigenvalue weighted by molar-refractivity contribution is 5.94. The summed E-state index contributed by atoms with van der Waals surface area (Å²) in [6, 6.07) is 23.4. The van der Waals surface area contributed by atoms with Crippen molar-refractivity contribution in [3.8, 4) is 17.2 Å². The Bertz CT molecular complexity index is 1100. The Morgan fingerprint density at radius 1 is 0.909 bits per heavy atom. The summed E-state index contributed by atoms with van der Waals surface area (Å²) >= 11 is 0. The van der Waals surface area contributed by atoms with Gasteiger partial charge in [-0.3, -0.25) is 9.59 Å². The van der Waals surface area contributed by atoms with E-state index in [-0.39, 0.29) is 24.5 Å². The maximum atomic E-state index is 13.1. The zero-order chi connectivity index (χ0) is 23.2. The first kappa shape index (κ1) is 22.2. The number of rotatable bonds is 9. The second kappa shape index (κ2) is 10.1. The van der Waals surface area contributed by atoms with Gasteiger partial charge in [0.15, 0.2) is 18.1 Å². The quantitative estimate of drug-likeness (QED) is 0.510. The third kappa shape index (κ3) is 4.92. The van der Waals surface area contributed by atoms with Crippen molar-refractivity contribution in [3.05, 3.63) is 90.0 Å². The predicted octanol–water partition coefficient (Wildman–Crippen LogP) is 3.35. The minimum absolute atomic E-state index is 0.147. The summed E-state index contributed by atoms with van der Waals surface area (Å²) in [5, 5.41) is 2.84. The normalized spacial score (nSPS) is 17.2. The molecule has 1 fully saturated rings. The topological polar surface area (TPSA) is 77.1 Å². The molecule has 7 heteroatoms. The molecule has 33 heavy (non-hydrogen) atoms. The SMILES string of the molecule is COc1ccc(CN2C(=O)[C@H](NC(=O)COc3ccccc3)[C@@H]2c2ccccc2)cc1OC. The average molecular weight is 447 g/mol. The molecule has 2 amide bonds. The van der Waals surface area contributed by atoms with E-state index in [9.17, 15) is 9.59 Å². The summed E-state index contributed by atoms with van der Waals surface area (Å²) in [4.78, 5) is 27.3. The van der Waals surface area contributed by atoms with Crippen molar-refractivity contribution in [2.24, 2.45) is 0 Å². The zero-order valence-electron chi connectivity index (χ0n) is 18.6. The molecule has 0 spiro atoms. The van der Waals surface area contributed by atoms with Crippen LogP contribution in [0.25, 0.3) is 0 Å². The van der Waals surface area contributed by atoms with Gasteiger partial charge in [0.25, 0.3) is 5.91 Å². The van der Waals surface area contributed by atoms with Crippen molar-refractivity contribution in [1.82, 2.24) is 10.2 Å². The fourth-order valence-electron chi connectivity index (χ4n) is 3.94. The molecule has 0 unspecified atom stereocenters. The number of para-hydroxylation sites is 1. The van der Waals surface area contributed by atoms with Crippen molar-refractivity contribution >= 4 is 11.8 Å². The van der Waals surface area contributed by atoms with Crippen LogP contribution in [0.15, 0.2) is 78.9 Å². The highest BCUT2D eigenvalue weighted by atomic mass is 16.5. The van der Waals surface area contributed by atoms with Gasteiger partial charge in [-0.25, -0.2) is 0 Å². The number of carbonyl (C=O) groups is 2. The van der Waals surface area contributed by atoms with Gasteiger partial charge in [-0.15, -0.1) is 0 Å². The van der Waals surface area contributed by atoms with E-state index >= 15 is 0 Å². The van der Waals surface area contributed by atoms with Crippen LogP contribution in [0, 0.1) is 0 Å². The lowest BCUT2D eigenvalue weighted by atomic mass is 9.87. The van der Waals surface area contributed by atoms with E-state index < -0.39 is 6.04 Å². The van der Waals surface area contributed by atoms with Gasteiger partial charge in [-0.1, -0.05) is 54.6 Å². The number of carbonyl (C=O) groups excluding carboxylic acids is 2. The van der Waals surface area contributed by atoms with Gasteiger partial charge in [0.05, 0.1) is 20.3 Å². The maximum absolute atomic E-state index is 13.1. The smallest absolute Gasteiger partial charge is 0.258 e. The van der Waals surface area contributed by atoms with Crippen LogP contribution in [0.1, 0.15) is 17.2 Å². The molecule has 1 aliphatic rings. The molecule has 3 aromatic rings. The first-order valence-electron chi connectivity index (χ1n) is 10.6. The molecule has 0 bridgehead atoms. The van der Waals surface area contributed by atoms with Crippen LogP contribution in [-0.2, 0) is 16.1 Å². The molecule has 170 valence electrons. The molecule has 2 atom stereocenters. The molecule has 3 aromatic carbocycles. The van der Waals surface area contributed by atoms with Crippen LogP contribution in [0.3, 0.4) is 0 Å². The number of amides is 2. The van der Waals surface area contributed by atoms with E-state index in [4.69, 9.17) is 14.2 Å². The minimum atomic E-state index is -0.653. The van der Waals surface area contributed by atoms with E-state index in [2.05, 4.69) is 5.32 Å². The molecule has 4 rings (SSSR count). The Kier molecular flexibility index (Phi) is 6.78. The number of likely N-dealkylation sites (tertiary alicyclic amines) is 1. The molecular formula is C26H26N2O5. The number of hydrogen-bond donors (Lipinski definition) is 1. The molecular weight excluding hydrogens is 420 g/mol. The van der Waals surface area contributed by atoms with Crippen LogP contribution < -0.4 is 19.5 Å². The highest BCUT2D eigenvalue weighted by Crippen LogP contribution is 2.37. The van der Waals surface area contributed by atoms with E-state index in [1.54, 1.807) is 31.3 Å². The third-order valence-corrected chi connectivity index (χ3v) is 5.57. The van der Waals surface area contributed by atoms with Crippen molar-refractivity contribution in [2.45, 2.75) is 18.6 Å². The number of β-lactam (4-membered cyclic amide) rings is 1. The molecule has 0 aromatic heterocycles. The summed E-state index contributed by atoms with van der Waals surface area (Å²) in [7, 11) is 3.16. The number of benzene rings is 3. The van der Waals surface area contributed by atoms with Gasteiger partial charge >= 0.3 is 0 Å². The molecule has 1 saturated heterocycles. The Balaban J connectivity index is 1.48. The molecule has 0 radical (unpaired) electrons. The van der Waals surface area contributed by atoms with Gasteiger partial charge in [0, 0.05) is 6.54 Å². The van der Waals surface area contributed by atoms with Crippen molar-refractivity contribution in [2.75, 3.05) is 20.8 Å². The summed E-state index contributed by atoms with van der Waals surface area (Å²) in [5.41, 5.74) is 1.85. The van der Waals surface area contributed by atoms with Crippen LogP contribution in [0.2, 0.25) is 0 Å². The summed E-state index contributed by atoms with van der Waals surface area (Å²) in [5.74, 6) is 1.33. The lowest BCUT2D eigenvalue weighted by Crippen LogP contribution is -2.65. The monoisotopic (exact) mass is 446 g/mol. The third-order valence-electron chi connectivity index (χ3n) is 5.57. The van der Waals surface area contributed by atoms with Crippen molar-refractivity contribution in [1.29, 1.82) is 0 Å². The van der Waals surface area contributed by atoms with E-state index in [1.807, 2.05) is 66.7 Å². The standard InChI is InChI=1S/C26H26N2O5/c1-31-21-14-13-18(15-22(21)32-2)16-28-25(19-9-5-3-6-10-19)24(26(28)30)27-23(29)17-33-20-11-7-4-8-12-20/h3-15,24-25H,16-17H2,1-2H3,(H,27,29)/t24-,25+/m1/s1. The average Bonchev–Trinajstić information content (AvgIpc) is 2.87.